The highest BCUT2D eigenvalue weighted by atomic mass is 16.6. The van der Waals surface area contributed by atoms with Crippen LogP contribution in [-0.2, 0) is 9.53 Å². The molecule has 2 atom stereocenters. The minimum atomic E-state index is -0.907. The molecule has 0 rings (SSSR count). The fourth-order valence-electron chi connectivity index (χ4n) is 0.701. The zero-order valence-corrected chi connectivity index (χ0v) is 7.02. The Morgan fingerprint density at radius 2 is 2.25 bits per heavy atom. The van der Waals surface area contributed by atoms with Gasteiger partial charge in [0.15, 0.2) is 0 Å². The Balaban J connectivity index is 3.91. The fraction of sp³-hybridized carbons (Fsp3) is 0.833. The normalized spacial score (nSPS) is 14.9. The molecular formula is C6H12N2O4. The van der Waals surface area contributed by atoms with Gasteiger partial charge in [0.25, 0.3) is 0 Å². The average Bonchev–Trinajstić information content (AvgIpc) is 2.02. The number of hydrogen-bond donors (Lipinski definition) is 1. The summed E-state index contributed by atoms with van der Waals surface area (Å²) in [6.07, 6.45) is -0.000324. The monoisotopic (exact) mass is 176 g/mol. The summed E-state index contributed by atoms with van der Waals surface area (Å²) in [6.45, 7) is 1.39. The van der Waals surface area contributed by atoms with E-state index in [1.165, 1.54) is 14.0 Å². The van der Waals surface area contributed by atoms with Crippen molar-refractivity contribution in [3.05, 3.63) is 10.1 Å². The van der Waals surface area contributed by atoms with Gasteiger partial charge in [-0.1, -0.05) is 0 Å². The molecule has 0 aliphatic heterocycles. The number of ether oxygens (including phenoxy) is 1. The van der Waals surface area contributed by atoms with Crippen LogP contribution in [0.15, 0.2) is 0 Å². The lowest BCUT2D eigenvalue weighted by molar-refractivity contribution is -0.519. The second-order valence-corrected chi connectivity index (χ2v) is 2.50. The lowest BCUT2D eigenvalue weighted by Gasteiger charge is -2.09. The highest BCUT2D eigenvalue weighted by Gasteiger charge is 2.22. The number of hydrogen-bond acceptors (Lipinski definition) is 5. The van der Waals surface area contributed by atoms with Crippen molar-refractivity contribution in [1.29, 1.82) is 0 Å². The summed E-state index contributed by atoms with van der Waals surface area (Å²) in [6, 6.07) is -1.73. The van der Waals surface area contributed by atoms with Crippen LogP contribution in [0.2, 0.25) is 0 Å². The van der Waals surface area contributed by atoms with Crippen molar-refractivity contribution in [2.75, 3.05) is 7.11 Å². The van der Waals surface area contributed by atoms with Crippen molar-refractivity contribution in [2.45, 2.75) is 25.4 Å². The zero-order valence-electron chi connectivity index (χ0n) is 7.02. The van der Waals surface area contributed by atoms with Crippen molar-refractivity contribution < 1.29 is 14.5 Å². The summed E-state index contributed by atoms with van der Waals surface area (Å²) < 4.78 is 4.31. The summed E-state index contributed by atoms with van der Waals surface area (Å²) in [5.41, 5.74) is 5.29. The van der Waals surface area contributed by atoms with Crippen LogP contribution >= 0.6 is 0 Å². The summed E-state index contributed by atoms with van der Waals surface area (Å²) in [7, 11) is 1.19. The van der Waals surface area contributed by atoms with E-state index in [1.54, 1.807) is 0 Å². The van der Waals surface area contributed by atoms with Gasteiger partial charge in [-0.3, -0.25) is 14.9 Å². The summed E-state index contributed by atoms with van der Waals surface area (Å²) in [5.74, 6) is -0.622. The third kappa shape index (κ3) is 3.29. The van der Waals surface area contributed by atoms with Gasteiger partial charge in [0, 0.05) is 18.3 Å². The van der Waals surface area contributed by atoms with Crippen molar-refractivity contribution >= 4 is 5.97 Å². The first-order valence-corrected chi connectivity index (χ1v) is 3.46. The quantitative estimate of drug-likeness (QED) is 0.355. The van der Waals surface area contributed by atoms with Gasteiger partial charge in [-0.2, -0.15) is 0 Å². The first-order chi connectivity index (χ1) is 5.49. The smallest absolute Gasteiger partial charge is 0.322 e. The number of carbonyl (C=O) groups excluding carboxylic acids is 1. The number of nitro groups is 1. The zero-order chi connectivity index (χ0) is 9.72. The van der Waals surface area contributed by atoms with Crippen molar-refractivity contribution in [2.24, 2.45) is 5.73 Å². The van der Waals surface area contributed by atoms with Crippen molar-refractivity contribution in [3.8, 4) is 0 Å². The number of esters is 1. The van der Waals surface area contributed by atoms with Gasteiger partial charge in [0.1, 0.15) is 6.04 Å². The minimum absolute atomic E-state index is 0.000324. The second-order valence-electron chi connectivity index (χ2n) is 2.50. The fourth-order valence-corrected chi connectivity index (χ4v) is 0.701. The van der Waals surface area contributed by atoms with Gasteiger partial charge in [-0.05, 0) is 0 Å². The van der Waals surface area contributed by atoms with Crippen LogP contribution in [0.25, 0.3) is 0 Å². The maximum Gasteiger partial charge on any atom is 0.322 e. The molecule has 70 valence electrons. The van der Waals surface area contributed by atoms with Crippen molar-refractivity contribution in [3.63, 3.8) is 0 Å². The number of rotatable bonds is 4. The summed E-state index contributed by atoms with van der Waals surface area (Å²) >= 11 is 0. The van der Waals surface area contributed by atoms with Gasteiger partial charge >= 0.3 is 5.97 Å². The van der Waals surface area contributed by atoms with E-state index in [1.807, 2.05) is 0 Å². The van der Waals surface area contributed by atoms with E-state index in [-0.39, 0.29) is 6.42 Å². The maximum absolute atomic E-state index is 10.7. The molecular weight excluding hydrogens is 164 g/mol. The average molecular weight is 176 g/mol. The van der Waals surface area contributed by atoms with Crippen LogP contribution in [0.3, 0.4) is 0 Å². The first-order valence-electron chi connectivity index (χ1n) is 3.46. The Kier molecular flexibility index (Phi) is 4.20. The van der Waals surface area contributed by atoms with E-state index in [9.17, 15) is 14.9 Å². The molecule has 0 aliphatic rings. The number of nitrogens with two attached hydrogens (primary N) is 1. The van der Waals surface area contributed by atoms with Crippen LogP contribution < -0.4 is 5.73 Å². The van der Waals surface area contributed by atoms with Crippen LogP contribution in [-0.4, -0.2) is 30.1 Å². The SMILES string of the molecule is COC(=O)C(N)CC(C)[N+](=O)[O-]. The summed E-state index contributed by atoms with van der Waals surface area (Å²) in [4.78, 5) is 20.4. The van der Waals surface area contributed by atoms with E-state index < -0.39 is 23.0 Å². The third-order valence-electron chi connectivity index (χ3n) is 1.46. The Bertz CT molecular complexity index is 182. The first kappa shape index (κ1) is 10.8. The van der Waals surface area contributed by atoms with E-state index in [0.29, 0.717) is 0 Å². The molecule has 0 bridgehead atoms. The minimum Gasteiger partial charge on any atom is -0.468 e. The lowest BCUT2D eigenvalue weighted by Crippen LogP contribution is -2.36. The van der Waals surface area contributed by atoms with Crippen LogP contribution in [0.5, 0.6) is 0 Å². The molecule has 0 fully saturated rings. The molecule has 12 heavy (non-hydrogen) atoms. The van der Waals surface area contributed by atoms with Crippen LogP contribution in [0.1, 0.15) is 13.3 Å². The lowest BCUT2D eigenvalue weighted by atomic mass is 10.1. The van der Waals surface area contributed by atoms with E-state index in [2.05, 4.69) is 4.74 Å². The van der Waals surface area contributed by atoms with Crippen LogP contribution in [0.4, 0.5) is 0 Å². The Morgan fingerprint density at radius 1 is 1.75 bits per heavy atom. The molecule has 0 amide bonds. The van der Waals surface area contributed by atoms with Gasteiger partial charge in [0.2, 0.25) is 6.04 Å². The third-order valence-corrected chi connectivity index (χ3v) is 1.46. The number of carbonyl (C=O) groups is 1. The topological polar surface area (TPSA) is 95.5 Å². The van der Waals surface area contributed by atoms with Gasteiger partial charge < -0.3 is 10.5 Å². The predicted octanol–water partition coefficient (Wildman–Crippen LogP) is -0.458. The molecule has 0 heterocycles. The molecule has 6 heteroatoms. The molecule has 0 spiro atoms. The predicted molar refractivity (Wildman–Crippen MR) is 41.1 cm³/mol. The Labute approximate surface area is 69.8 Å². The van der Waals surface area contributed by atoms with Gasteiger partial charge in [-0.25, -0.2) is 0 Å². The number of methoxy groups -OCH3 is 1. The molecule has 0 aliphatic carbocycles. The Morgan fingerprint density at radius 3 is 2.58 bits per heavy atom. The highest BCUT2D eigenvalue weighted by Crippen LogP contribution is 2.00. The molecule has 0 aromatic heterocycles. The molecule has 0 radical (unpaired) electrons. The second kappa shape index (κ2) is 4.66. The standard InChI is InChI=1S/C6H12N2O4/c1-4(8(10)11)3-5(7)6(9)12-2/h4-5H,3,7H2,1-2H3. The van der Waals surface area contributed by atoms with Gasteiger partial charge in [-0.15, -0.1) is 0 Å². The van der Waals surface area contributed by atoms with Gasteiger partial charge in [0.05, 0.1) is 7.11 Å². The Hall–Kier alpha value is -1.17. The van der Waals surface area contributed by atoms with E-state index >= 15 is 0 Å². The molecule has 0 saturated carbocycles. The molecule has 2 unspecified atom stereocenters. The molecule has 2 N–H and O–H groups in total. The van der Waals surface area contributed by atoms with E-state index in [4.69, 9.17) is 5.73 Å². The molecule has 0 aromatic rings. The molecule has 6 nitrogen and oxygen atoms in total. The highest BCUT2D eigenvalue weighted by molar-refractivity contribution is 5.75. The molecule has 0 saturated heterocycles. The number of nitrogens with zero attached hydrogens (tertiary/aromatic N) is 1. The largest absolute Gasteiger partial charge is 0.468 e. The van der Waals surface area contributed by atoms with Crippen LogP contribution in [0, 0.1) is 10.1 Å². The maximum atomic E-state index is 10.7. The molecule has 0 aromatic carbocycles. The van der Waals surface area contributed by atoms with Crippen molar-refractivity contribution in [1.82, 2.24) is 0 Å². The van der Waals surface area contributed by atoms with E-state index in [0.717, 1.165) is 0 Å². The summed E-state index contributed by atoms with van der Waals surface area (Å²) in [5, 5.41) is 10.1.